The highest BCUT2D eigenvalue weighted by molar-refractivity contribution is 5.66. The SMILES string of the molecule is OCC1CCCn2cc(-c3ccccc3O)nc21. The third-order valence-corrected chi connectivity index (χ3v) is 3.52. The Morgan fingerprint density at radius 3 is 2.94 bits per heavy atom. The lowest BCUT2D eigenvalue weighted by Gasteiger charge is -2.21. The molecule has 18 heavy (non-hydrogen) atoms. The summed E-state index contributed by atoms with van der Waals surface area (Å²) in [6.45, 7) is 1.07. The molecule has 1 unspecified atom stereocenters. The number of phenolic OH excluding ortho intramolecular Hbond substituents is 1. The Kier molecular flexibility index (Phi) is 2.80. The van der Waals surface area contributed by atoms with Crippen LogP contribution in [0, 0.1) is 0 Å². The number of imidazole rings is 1. The number of phenols is 1. The van der Waals surface area contributed by atoms with Crippen molar-refractivity contribution in [1.82, 2.24) is 9.55 Å². The molecule has 1 aliphatic heterocycles. The summed E-state index contributed by atoms with van der Waals surface area (Å²) in [4.78, 5) is 4.58. The smallest absolute Gasteiger partial charge is 0.125 e. The molecule has 0 saturated heterocycles. The van der Waals surface area contributed by atoms with E-state index in [0.29, 0.717) is 0 Å². The lowest BCUT2D eigenvalue weighted by Crippen LogP contribution is -2.18. The standard InChI is InChI=1S/C14H16N2O2/c17-9-10-4-3-7-16-8-12(15-14(10)16)11-5-1-2-6-13(11)18/h1-2,5-6,8,10,17-18H,3-4,7,9H2. The maximum Gasteiger partial charge on any atom is 0.125 e. The van der Waals surface area contributed by atoms with Crippen LogP contribution in [-0.2, 0) is 6.54 Å². The second-order valence-electron chi connectivity index (χ2n) is 4.72. The molecule has 0 radical (unpaired) electrons. The van der Waals surface area contributed by atoms with Gasteiger partial charge in [-0.1, -0.05) is 12.1 Å². The first-order chi connectivity index (χ1) is 8.79. The third-order valence-electron chi connectivity index (χ3n) is 3.52. The normalized spacial score (nSPS) is 18.6. The number of benzene rings is 1. The number of hydrogen-bond acceptors (Lipinski definition) is 3. The molecule has 0 fully saturated rings. The topological polar surface area (TPSA) is 58.3 Å². The van der Waals surface area contributed by atoms with Crippen LogP contribution >= 0.6 is 0 Å². The Hall–Kier alpha value is -1.81. The molecule has 1 aromatic heterocycles. The maximum absolute atomic E-state index is 9.85. The molecule has 1 aliphatic rings. The average Bonchev–Trinajstić information content (AvgIpc) is 2.82. The van der Waals surface area contributed by atoms with Crippen LogP contribution in [0.15, 0.2) is 30.5 Å². The van der Waals surface area contributed by atoms with Gasteiger partial charge in [-0.2, -0.15) is 0 Å². The summed E-state index contributed by atoms with van der Waals surface area (Å²) in [7, 11) is 0. The van der Waals surface area contributed by atoms with Gasteiger partial charge in [0.05, 0.1) is 12.3 Å². The highest BCUT2D eigenvalue weighted by atomic mass is 16.3. The molecule has 2 heterocycles. The molecule has 0 spiro atoms. The molecule has 0 saturated carbocycles. The van der Waals surface area contributed by atoms with Gasteiger partial charge in [-0.3, -0.25) is 0 Å². The number of aliphatic hydroxyl groups excluding tert-OH is 1. The molecule has 0 amide bonds. The molecule has 0 bridgehead atoms. The van der Waals surface area contributed by atoms with Crippen LogP contribution in [0.2, 0.25) is 0 Å². The molecular weight excluding hydrogens is 228 g/mol. The minimum atomic E-state index is 0.123. The zero-order chi connectivity index (χ0) is 12.5. The summed E-state index contributed by atoms with van der Waals surface area (Å²) in [6.07, 6.45) is 4.01. The van der Waals surface area contributed by atoms with Crippen molar-refractivity contribution in [3.8, 4) is 17.0 Å². The fraction of sp³-hybridized carbons (Fsp3) is 0.357. The Labute approximate surface area is 106 Å². The van der Waals surface area contributed by atoms with Crippen LogP contribution < -0.4 is 0 Å². The Bertz CT molecular complexity index is 563. The van der Waals surface area contributed by atoms with E-state index in [2.05, 4.69) is 9.55 Å². The molecule has 1 aromatic carbocycles. The molecule has 4 heteroatoms. The van der Waals surface area contributed by atoms with Crippen molar-refractivity contribution in [1.29, 1.82) is 0 Å². The molecular formula is C14H16N2O2. The van der Waals surface area contributed by atoms with E-state index >= 15 is 0 Å². The molecule has 94 valence electrons. The zero-order valence-electron chi connectivity index (χ0n) is 10.1. The van der Waals surface area contributed by atoms with Crippen molar-refractivity contribution in [3.63, 3.8) is 0 Å². The monoisotopic (exact) mass is 244 g/mol. The number of aliphatic hydroxyl groups is 1. The van der Waals surface area contributed by atoms with E-state index in [1.165, 1.54) is 0 Å². The fourth-order valence-corrected chi connectivity index (χ4v) is 2.57. The molecule has 1 atom stereocenters. The lowest BCUT2D eigenvalue weighted by atomic mass is 10.0. The second kappa shape index (κ2) is 4.46. The minimum absolute atomic E-state index is 0.123. The van der Waals surface area contributed by atoms with Gasteiger partial charge >= 0.3 is 0 Å². The van der Waals surface area contributed by atoms with Crippen LogP contribution in [0.25, 0.3) is 11.3 Å². The van der Waals surface area contributed by atoms with Crippen LogP contribution in [0.1, 0.15) is 24.6 Å². The first-order valence-corrected chi connectivity index (χ1v) is 6.26. The van der Waals surface area contributed by atoms with Gasteiger partial charge in [0.25, 0.3) is 0 Å². The first-order valence-electron chi connectivity index (χ1n) is 6.26. The van der Waals surface area contributed by atoms with E-state index in [4.69, 9.17) is 0 Å². The van der Waals surface area contributed by atoms with E-state index in [-0.39, 0.29) is 18.3 Å². The van der Waals surface area contributed by atoms with Gasteiger partial charge < -0.3 is 14.8 Å². The molecule has 2 N–H and O–H groups in total. The van der Waals surface area contributed by atoms with E-state index < -0.39 is 0 Å². The molecule has 4 nitrogen and oxygen atoms in total. The van der Waals surface area contributed by atoms with Gasteiger partial charge in [0.15, 0.2) is 0 Å². The van der Waals surface area contributed by atoms with Crippen molar-refractivity contribution < 1.29 is 10.2 Å². The molecule has 0 aliphatic carbocycles. The average molecular weight is 244 g/mol. The van der Waals surface area contributed by atoms with Gasteiger partial charge in [-0.15, -0.1) is 0 Å². The predicted molar refractivity (Wildman–Crippen MR) is 68.4 cm³/mol. The van der Waals surface area contributed by atoms with Gasteiger partial charge in [0.1, 0.15) is 11.6 Å². The largest absolute Gasteiger partial charge is 0.507 e. The first kappa shape index (κ1) is 11.3. The Balaban J connectivity index is 2.05. The minimum Gasteiger partial charge on any atom is -0.507 e. The summed E-state index contributed by atoms with van der Waals surface area (Å²) in [6, 6.07) is 7.21. The Morgan fingerprint density at radius 2 is 2.17 bits per heavy atom. The predicted octanol–water partition coefficient (Wildman–Crippen LogP) is 2.13. The van der Waals surface area contributed by atoms with Gasteiger partial charge in [0.2, 0.25) is 0 Å². The number of rotatable bonds is 2. The number of fused-ring (bicyclic) bond motifs is 1. The molecule has 3 rings (SSSR count). The van der Waals surface area contributed by atoms with Crippen molar-refractivity contribution in [3.05, 3.63) is 36.3 Å². The quantitative estimate of drug-likeness (QED) is 0.850. The van der Waals surface area contributed by atoms with Crippen LogP contribution in [0.4, 0.5) is 0 Å². The summed E-state index contributed by atoms with van der Waals surface area (Å²) in [5, 5.41) is 19.2. The lowest BCUT2D eigenvalue weighted by molar-refractivity contribution is 0.238. The summed E-state index contributed by atoms with van der Waals surface area (Å²) >= 11 is 0. The van der Waals surface area contributed by atoms with Crippen molar-refractivity contribution in [2.75, 3.05) is 6.61 Å². The zero-order valence-corrected chi connectivity index (χ0v) is 10.1. The highest BCUT2D eigenvalue weighted by Crippen LogP contribution is 2.32. The number of hydrogen-bond donors (Lipinski definition) is 2. The van der Waals surface area contributed by atoms with Gasteiger partial charge in [0, 0.05) is 24.2 Å². The summed E-state index contributed by atoms with van der Waals surface area (Å²) in [5.41, 5.74) is 1.53. The van der Waals surface area contributed by atoms with E-state index in [0.717, 1.165) is 36.5 Å². The van der Waals surface area contributed by atoms with Gasteiger partial charge in [-0.25, -0.2) is 4.98 Å². The fourth-order valence-electron chi connectivity index (χ4n) is 2.57. The number of para-hydroxylation sites is 1. The summed E-state index contributed by atoms with van der Waals surface area (Å²) < 4.78 is 2.09. The Morgan fingerprint density at radius 1 is 1.33 bits per heavy atom. The second-order valence-corrected chi connectivity index (χ2v) is 4.72. The van der Waals surface area contributed by atoms with Crippen LogP contribution in [0.3, 0.4) is 0 Å². The van der Waals surface area contributed by atoms with E-state index in [1.54, 1.807) is 12.1 Å². The van der Waals surface area contributed by atoms with Crippen LogP contribution in [-0.4, -0.2) is 26.4 Å². The number of nitrogens with zero attached hydrogens (tertiary/aromatic N) is 2. The van der Waals surface area contributed by atoms with Crippen molar-refractivity contribution in [2.24, 2.45) is 0 Å². The number of aromatic nitrogens is 2. The van der Waals surface area contributed by atoms with Crippen molar-refractivity contribution in [2.45, 2.75) is 25.3 Å². The van der Waals surface area contributed by atoms with E-state index in [1.807, 2.05) is 18.3 Å². The highest BCUT2D eigenvalue weighted by Gasteiger charge is 2.23. The maximum atomic E-state index is 9.85. The number of aromatic hydroxyl groups is 1. The van der Waals surface area contributed by atoms with E-state index in [9.17, 15) is 10.2 Å². The van der Waals surface area contributed by atoms with Crippen LogP contribution in [0.5, 0.6) is 5.75 Å². The van der Waals surface area contributed by atoms with Crippen molar-refractivity contribution >= 4 is 0 Å². The third kappa shape index (κ3) is 1.78. The van der Waals surface area contributed by atoms with Gasteiger partial charge in [-0.05, 0) is 25.0 Å². The molecule has 2 aromatic rings. The summed E-state index contributed by atoms with van der Waals surface area (Å²) in [5.74, 6) is 1.30. The number of aryl methyl sites for hydroxylation is 1.